The van der Waals surface area contributed by atoms with Gasteiger partial charge in [-0.2, -0.15) is 5.10 Å². The van der Waals surface area contributed by atoms with Crippen LogP contribution in [-0.2, 0) is 13.0 Å². The first-order valence-electron chi connectivity index (χ1n) is 11.7. The average molecular weight is 467 g/mol. The molecular weight excluding hydrogens is 440 g/mol. The summed E-state index contributed by atoms with van der Waals surface area (Å²) in [5.74, 6) is 0.374. The molecular formula is C28H26N4O3. The van der Waals surface area contributed by atoms with Crippen molar-refractivity contribution in [2.24, 2.45) is 5.10 Å². The molecule has 7 nitrogen and oxygen atoms in total. The fraction of sp³-hybridized carbons (Fsp3) is 0.214. The van der Waals surface area contributed by atoms with Crippen LogP contribution in [0.1, 0.15) is 61.9 Å². The van der Waals surface area contributed by atoms with Crippen LogP contribution >= 0.6 is 0 Å². The zero-order chi connectivity index (χ0) is 24.4. The molecule has 1 aliphatic carbocycles. The molecule has 0 saturated heterocycles. The van der Waals surface area contributed by atoms with E-state index in [1.165, 1.54) is 5.56 Å². The van der Waals surface area contributed by atoms with E-state index in [1.807, 2.05) is 68.4 Å². The van der Waals surface area contributed by atoms with Gasteiger partial charge in [-0.1, -0.05) is 54.1 Å². The Morgan fingerprint density at radius 1 is 0.971 bits per heavy atom. The Balaban J connectivity index is 1.32. The molecule has 0 atom stereocenters. The number of nitrogens with one attached hydrogen (secondary N) is 2. The minimum absolute atomic E-state index is 0.263. The third-order valence-corrected chi connectivity index (χ3v) is 6.23. The Bertz CT molecular complexity index is 1450. The van der Waals surface area contributed by atoms with E-state index in [4.69, 9.17) is 4.42 Å². The zero-order valence-corrected chi connectivity index (χ0v) is 19.7. The van der Waals surface area contributed by atoms with Crippen molar-refractivity contribution in [1.29, 1.82) is 0 Å². The van der Waals surface area contributed by atoms with Crippen molar-refractivity contribution < 1.29 is 14.0 Å². The number of hydrogen-bond acceptors (Lipinski definition) is 5. The molecule has 2 aromatic heterocycles. The highest BCUT2D eigenvalue weighted by Gasteiger charge is 2.28. The lowest BCUT2D eigenvalue weighted by molar-refractivity contribution is 0.0918. The Hall–Kier alpha value is -4.26. The Kier molecular flexibility index (Phi) is 6.14. The van der Waals surface area contributed by atoms with Crippen LogP contribution in [0.4, 0.5) is 0 Å². The number of aryl methyl sites for hydroxylation is 2. The van der Waals surface area contributed by atoms with E-state index in [9.17, 15) is 9.59 Å². The van der Waals surface area contributed by atoms with Gasteiger partial charge in [-0.15, -0.1) is 0 Å². The van der Waals surface area contributed by atoms with Crippen molar-refractivity contribution in [3.05, 3.63) is 100 Å². The lowest BCUT2D eigenvalue weighted by Gasteiger charge is -2.13. The minimum atomic E-state index is -0.382. The summed E-state index contributed by atoms with van der Waals surface area (Å²) in [6, 6.07) is 19.2. The summed E-state index contributed by atoms with van der Waals surface area (Å²) in [5.41, 5.74) is 8.12. The molecule has 1 aliphatic rings. The molecule has 2 N–H and O–H groups in total. The number of carbonyl (C=O) groups is 2. The largest absolute Gasteiger partial charge is 0.455 e. The van der Waals surface area contributed by atoms with Crippen molar-refractivity contribution in [2.45, 2.75) is 39.7 Å². The van der Waals surface area contributed by atoms with Crippen LogP contribution in [0.25, 0.3) is 10.9 Å². The van der Waals surface area contributed by atoms with Crippen molar-refractivity contribution in [1.82, 2.24) is 15.7 Å². The molecule has 7 heteroatoms. The van der Waals surface area contributed by atoms with Crippen LogP contribution in [0, 0.1) is 13.8 Å². The van der Waals surface area contributed by atoms with Crippen molar-refractivity contribution in [2.75, 3.05) is 0 Å². The van der Waals surface area contributed by atoms with Crippen LogP contribution < -0.4 is 10.7 Å². The molecule has 0 aliphatic heterocycles. The quantitative estimate of drug-likeness (QED) is 0.411. The number of furan rings is 1. The number of benzene rings is 2. The van der Waals surface area contributed by atoms with E-state index in [-0.39, 0.29) is 11.8 Å². The van der Waals surface area contributed by atoms with E-state index in [2.05, 4.69) is 20.8 Å². The molecule has 0 bridgehead atoms. The summed E-state index contributed by atoms with van der Waals surface area (Å²) in [5, 5.41) is 8.30. The lowest BCUT2D eigenvalue weighted by Crippen LogP contribution is -2.24. The predicted molar refractivity (Wildman–Crippen MR) is 134 cm³/mol. The van der Waals surface area contributed by atoms with Gasteiger partial charge in [-0.05, 0) is 44.4 Å². The van der Waals surface area contributed by atoms with E-state index in [1.54, 1.807) is 6.07 Å². The number of para-hydroxylation sites is 1. The van der Waals surface area contributed by atoms with Gasteiger partial charge < -0.3 is 9.73 Å². The Morgan fingerprint density at radius 2 is 1.77 bits per heavy atom. The second kappa shape index (κ2) is 9.54. The summed E-state index contributed by atoms with van der Waals surface area (Å²) in [6.07, 6.45) is 2.23. The number of nitrogens with zero attached hydrogens (tertiary/aromatic N) is 2. The Morgan fingerprint density at radius 3 is 2.60 bits per heavy atom. The smallest absolute Gasteiger partial charge is 0.289 e. The van der Waals surface area contributed by atoms with Gasteiger partial charge in [0.25, 0.3) is 11.8 Å². The summed E-state index contributed by atoms with van der Waals surface area (Å²) in [4.78, 5) is 30.0. The van der Waals surface area contributed by atoms with Gasteiger partial charge in [-0.25, -0.2) is 10.4 Å². The SMILES string of the molecule is Cc1ccc(CNC(=O)c2oc3c(c2C)/C(=N/NC(=O)c2ccc4ccccc4n2)CCC3)cc1. The third-order valence-electron chi connectivity index (χ3n) is 6.23. The van der Waals surface area contributed by atoms with Gasteiger partial charge >= 0.3 is 0 Å². The number of hydrazone groups is 1. The minimum Gasteiger partial charge on any atom is -0.455 e. The topological polar surface area (TPSA) is 96.6 Å². The second-order valence-electron chi connectivity index (χ2n) is 8.76. The standard InChI is InChI=1S/C28H26N4O3/c1-17-10-12-19(13-11-17)16-29-28(34)26-18(2)25-22(8-5-9-24(25)35-26)31-32-27(33)23-15-14-20-6-3-4-7-21(20)30-23/h3-4,6-7,10-15H,5,8-9,16H2,1-2H3,(H,29,34)(H,32,33)/b31-22+. The summed E-state index contributed by atoms with van der Waals surface area (Å²) < 4.78 is 5.96. The van der Waals surface area contributed by atoms with Gasteiger partial charge in [0, 0.05) is 29.5 Å². The highest BCUT2D eigenvalue weighted by molar-refractivity contribution is 6.07. The second-order valence-corrected chi connectivity index (χ2v) is 8.76. The van der Waals surface area contributed by atoms with Crippen LogP contribution in [0.3, 0.4) is 0 Å². The number of amides is 2. The van der Waals surface area contributed by atoms with Gasteiger partial charge in [0.05, 0.1) is 11.2 Å². The van der Waals surface area contributed by atoms with Crippen LogP contribution in [-0.4, -0.2) is 22.5 Å². The normalized spacial score (nSPS) is 14.1. The van der Waals surface area contributed by atoms with Gasteiger partial charge in [0.15, 0.2) is 5.76 Å². The fourth-order valence-corrected chi connectivity index (χ4v) is 4.33. The fourth-order valence-electron chi connectivity index (χ4n) is 4.33. The van der Waals surface area contributed by atoms with Gasteiger partial charge in [0.2, 0.25) is 0 Å². The van der Waals surface area contributed by atoms with E-state index in [0.29, 0.717) is 30.1 Å². The number of fused-ring (bicyclic) bond motifs is 2. The maximum atomic E-state index is 12.9. The number of hydrogen-bond donors (Lipinski definition) is 2. The molecule has 2 amide bonds. The lowest BCUT2D eigenvalue weighted by atomic mass is 9.93. The van der Waals surface area contributed by atoms with E-state index in [0.717, 1.165) is 46.2 Å². The average Bonchev–Trinajstić information content (AvgIpc) is 3.23. The van der Waals surface area contributed by atoms with Gasteiger partial charge in [0.1, 0.15) is 11.5 Å². The van der Waals surface area contributed by atoms with E-state index >= 15 is 0 Å². The van der Waals surface area contributed by atoms with Crippen LogP contribution in [0.15, 0.2) is 70.2 Å². The summed E-state index contributed by atoms with van der Waals surface area (Å²) in [7, 11) is 0. The molecule has 2 aromatic carbocycles. The van der Waals surface area contributed by atoms with Crippen LogP contribution in [0.2, 0.25) is 0 Å². The van der Waals surface area contributed by atoms with Crippen molar-refractivity contribution >= 4 is 28.4 Å². The molecule has 176 valence electrons. The first-order valence-corrected chi connectivity index (χ1v) is 11.7. The molecule has 2 heterocycles. The monoisotopic (exact) mass is 466 g/mol. The predicted octanol–water partition coefficient (Wildman–Crippen LogP) is 4.85. The molecule has 0 saturated carbocycles. The molecule has 0 radical (unpaired) electrons. The maximum absolute atomic E-state index is 12.9. The highest BCUT2D eigenvalue weighted by Crippen LogP contribution is 2.30. The number of aromatic nitrogens is 1. The number of pyridine rings is 1. The Labute approximate surface area is 203 Å². The van der Waals surface area contributed by atoms with Crippen LogP contribution in [0.5, 0.6) is 0 Å². The van der Waals surface area contributed by atoms with Crippen molar-refractivity contribution in [3.8, 4) is 0 Å². The number of carbonyl (C=O) groups excluding carboxylic acids is 2. The maximum Gasteiger partial charge on any atom is 0.289 e. The third kappa shape index (κ3) is 4.71. The molecule has 4 aromatic rings. The molecule has 5 rings (SSSR count). The summed E-state index contributed by atoms with van der Waals surface area (Å²) >= 11 is 0. The highest BCUT2D eigenvalue weighted by atomic mass is 16.4. The van der Waals surface area contributed by atoms with Crippen molar-refractivity contribution in [3.63, 3.8) is 0 Å². The molecule has 0 spiro atoms. The summed E-state index contributed by atoms with van der Waals surface area (Å²) in [6.45, 7) is 4.30. The number of rotatable bonds is 5. The molecule has 0 fully saturated rings. The zero-order valence-electron chi connectivity index (χ0n) is 19.7. The van der Waals surface area contributed by atoms with E-state index < -0.39 is 0 Å². The van der Waals surface area contributed by atoms with Gasteiger partial charge in [-0.3, -0.25) is 9.59 Å². The first kappa shape index (κ1) is 22.5. The molecule has 0 unspecified atom stereocenters. The molecule has 35 heavy (non-hydrogen) atoms. The first-order chi connectivity index (χ1) is 17.0.